The molecule has 4 atom stereocenters. The van der Waals surface area contributed by atoms with Crippen LogP contribution < -0.4 is 0 Å². The Hall–Kier alpha value is -0.520. The van der Waals surface area contributed by atoms with E-state index < -0.39 is 0 Å². The zero-order valence-electron chi connectivity index (χ0n) is 14.1. The van der Waals surface area contributed by atoms with E-state index in [0.717, 1.165) is 17.8 Å². The highest BCUT2D eigenvalue weighted by Gasteiger charge is 2.48. The van der Waals surface area contributed by atoms with Crippen molar-refractivity contribution in [3.05, 3.63) is 23.3 Å². The first kappa shape index (κ1) is 14.4. The molecule has 20 heavy (non-hydrogen) atoms. The van der Waals surface area contributed by atoms with Crippen LogP contribution >= 0.6 is 0 Å². The van der Waals surface area contributed by atoms with Gasteiger partial charge in [0.25, 0.3) is 0 Å². The van der Waals surface area contributed by atoms with Crippen molar-refractivity contribution in [3.63, 3.8) is 0 Å². The number of hydrogen-bond donors (Lipinski definition) is 0. The minimum Gasteiger partial charge on any atom is -0.0853 e. The minimum atomic E-state index is 0.441. The summed E-state index contributed by atoms with van der Waals surface area (Å²) in [5.74, 6) is 2.50. The van der Waals surface area contributed by atoms with Gasteiger partial charge in [0.1, 0.15) is 0 Å². The first-order valence-corrected chi connectivity index (χ1v) is 8.70. The fourth-order valence-electron chi connectivity index (χ4n) is 5.43. The second-order valence-electron chi connectivity index (χ2n) is 8.86. The van der Waals surface area contributed by atoms with Gasteiger partial charge >= 0.3 is 0 Å². The zero-order chi connectivity index (χ0) is 14.5. The van der Waals surface area contributed by atoms with Gasteiger partial charge in [0.15, 0.2) is 0 Å². The number of rotatable bonds is 0. The van der Waals surface area contributed by atoms with Gasteiger partial charge in [-0.3, -0.25) is 0 Å². The summed E-state index contributed by atoms with van der Waals surface area (Å²) >= 11 is 0. The predicted molar refractivity (Wildman–Crippen MR) is 87.6 cm³/mol. The number of fused-ring (bicyclic) bond motifs is 2. The third-order valence-corrected chi connectivity index (χ3v) is 6.80. The molecule has 0 aromatic heterocycles. The fourth-order valence-corrected chi connectivity index (χ4v) is 5.43. The summed E-state index contributed by atoms with van der Waals surface area (Å²) < 4.78 is 0. The lowest BCUT2D eigenvalue weighted by Gasteiger charge is -2.36. The van der Waals surface area contributed by atoms with E-state index in [1.807, 2.05) is 5.57 Å². The monoisotopic (exact) mass is 272 g/mol. The Morgan fingerprint density at radius 3 is 2.60 bits per heavy atom. The molecule has 112 valence electrons. The molecule has 0 saturated heterocycles. The second kappa shape index (κ2) is 4.75. The highest BCUT2D eigenvalue weighted by molar-refractivity contribution is 5.25. The molecule has 0 heterocycles. The van der Waals surface area contributed by atoms with Gasteiger partial charge in [-0.1, -0.05) is 51.0 Å². The maximum Gasteiger partial charge on any atom is -0.0107 e. The highest BCUT2D eigenvalue weighted by Crippen LogP contribution is 2.58. The van der Waals surface area contributed by atoms with E-state index in [2.05, 4.69) is 46.8 Å². The molecule has 0 unspecified atom stereocenters. The third kappa shape index (κ3) is 2.30. The maximum absolute atomic E-state index is 2.77. The summed E-state index contributed by atoms with van der Waals surface area (Å²) in [7, 11) is 0. The van der Waals surface area contributed by atoms with Crippen LogP contribution in [0.2, 0.25) is 0 Å². The maximum atomic E-state index is 2.77. The first-order chi connectivity index (χ1) is 9.32. The first-order valence-electron chi connectivity index (χ1n) is 8.70. The number of allylic oxidation sites excluding steroid dienone is 4. The van der Waals surface area contributed by atoms with E-state index in [-0.39, 0.29) is 0 Å². The summed E-state index contributed by atoms with van der Waals surface area (Å²) in [5, 5.41) is 0. The molecule has 0 aromatic carbocycles. The summed E-state index contributed by atoms with van der Waals surface area (Å²) in [4.78, 5) is 0. The van der Waals surface area contributed by atoms with Crippen LogP contribution in [0.25, 0.3) is 0 Å². The normalized spacial score (nSPS) is 49.0. The molecule has 0 bridgehead atoms. The predicted octanol–water partition coefficient (Wildman–Crippen LogP) is 6.14. The van der Waals surface area contributed by atoms with E-state index in [9.17, 15) is 0 Å². The lowest BCUT2D eigenvalue weighted by Crippen LogP contribution is -2.28. The van der Waals surface area contributed by atoms with Crippen molar-refractivity contribution < 1.29 is 0 Å². The van der Waals surface area contributed by atoms with Crippen molar-refractivity contribution in [1.29, 1.82) is 0 Å². The SMILES string of the molecule is C/C1=C/C[C@@H]2C(C)(C)CC[C@@]2(C)/C=C2\[C@@H](CC[C@H]2C)C1. The molecule has 0 radical (unpaired) electrons. The van der Waals surface area contributed by atoms with Gasteiger partial charge in [-0.25, -0.2) is 0 Å². The van der Waals surface area contributed by atoms with Crippen LogP contribution in [0.5, 0.6) is 0 Å². The molecule has 0 amide bonds. The van der Waals surface area contributed by atoms with Crippen molar-refractivity contribution >= 4 is 0 Å². The molecule has 0 heteroatoms. The van der Waals surface area contributed by atoms with Crippen LogP contribution in [0.3, 0.4) is 0 Å². The van der Waals surface area contributed by atoms with Gasteiger partial charge < -0.3 is 0 Å². The van der Waals surface area contributed by atoms with Gasteiger partial charge in [0, 0.05) is 0 Å². The van der Waals surface area contributed by atoms with Crippen molar-refractivity contribution in [2.45, 2.75) is 73.1 Å². The third-order valence-electron chi connectivity index (χ3n) is 6.80. The average Bonchev–Trinajstić information content (AvgIpc) is 2.80. The van der Waals surface area contributed by atoms with Crippen molar-refractivity contribution in [2.24, 2.45) is 28.6 Å². The molecule has 3 aliphatic carbocycles. The fraction of sp³-hybridized carbons (Fsp3) is 0.800. The molecule has 2 saturated carbocycles. The lowest BCUT2D eigenvalue weighted by molar-refractivity contribution is 0.182. The molecule has 2 fully saturated rings. The molecule has 0 spiro atoms. The van der Waals surface area contributed by atoms with Crippen LogP contribution in [0.15, 0.2) is 23.3 Å². The summed E-state index contributed by atoms with van der Waals surface area (Å²) in [5.41, 5.74) is 4.40. The van der Waals surface area contributed by atoms with E-state index in [0.29, 0.717) is 10.8 Å². The lowest BCUT2D eigenvalue weighted by atomic mass is 9.68. The molecule has 0 nitrogen and oxygen atoms in total. The number of hydrogen-bond acceptors (Lipinski definition) is 0. The summed E-state index contributed by atoms with van der Waals surface area (Å²) in [6.07, 6.45) is 13.6. The van der Waals surface area contributed by atoms with Gasteiger partial charge in [-0.15, -0.1) is 0 Å². The molecule has 0 aliphatic heterocycles. The summed E-state index contributed by atoms with van der Waals surface area (Å²) in [6, 6.07) is 0. The highest BCUT2D eigenvalue weighted by atomic mass is 14.5. The van der Waals surface area contributed by atoms with Gasteiger partial charge in [0.05, 0.1) is 0 Å². The van der Waals surface area contributed by atoms with Gasteiger partial charge in [0.2, 0.25) is 0 Å². The standard InChI is InChI=1S/C20H32/c1-14-6-9-18-19(3,4)10-11-20(18,5)13-17-15(2)7-8-16(17)12-14/h6,13,15-16,18H,7-12H2,1-5H3/b14-6-,17-13-/t15-,16+,18-,20+/m1/s1. The Morgan fingerprint density at radius 1 is 1.10 bits per heavy atom. The molecule has 3 aliphatic rings. The van der Waals surface area contributed by atoms with Crippen LogP contribution in [0.1, 0.15) is 73.1 Å². The van der Waals surface area contributed by atoms with E-state index in [1.54, 1.807) is 5.57 Å². The van der Waals surface area contributed by atoms with E-state index in [4.69, 9.17) is 0 Å². The minimum absolute atomic E-state index is 0.441. The molecule has 0 aromatic rings. The van der Waals surface area contributed by atoms with Crippen LogP contribution in [-0.2, 0) is 0 Å². The molecule has 0 N–H and O–H groups in total. The average molecular weight is 272 g/mol. The Balaban J connectivity index is 2.05. The Morgan fingerprint density at radius 2 is 1.85 bits per heavy atom. The molecular formula is C20H32. The quantitative estimate of drug-likeness (QED) is 0.464. The smallest absolute Gasteiger partial charge is 0.0107 e. The topological polar surface area (TPSA) is 0 Å². The van der Waals surface area contributed by atoms with Crippen molar-refractivity contribution in [2.75, 3.05) is 0 Å². The van der Waals surface area contributed by atoms with E-state index in [1.165, 1.54) is 38.5 Å². The van der Waals surface area contributed by atoms with Crippen LogP contribution in [0.4, 0.5) is 0 Å². The van der Waals surface area contributed by atoms with Crippen molar-refractivity contribution in [1.82, 2.24) is 0 Å². The Labute approximate surface area is 125 Å². The van der Waals surface area contributed by atoms with Gasteiger partial charge in [-0.05, 0) is 74.0 Å². The molecule has 3 rings (SSSR count). The van der Waals surface area contributed by atoms with Crippen LogP contribution in [0, 0.1) is 28.6 Å². The Bertz CT molecular complexity index is 451. The zero-order valence-corrected chi connectivity index (χ0v) is 14.1. The van der Waals surface area contributed by atoms with Crippen LogP contribution in [-0.4, -0.2) is 0 Å². The molecular weight excluding hydrogens is 240 g/mol. The van der Waals surface area contributed by atoms with E-state index >= 15 is 0 Å². The summed E-state index contributed by atoms with van der Waals surface area (Å²) in [6.45, 7) is 12.4. The largest absolute Gasteiger partial charge is 0.0853 e. The van der Waals surface area contributed by atoms with Crippen molar-refractivity contribution in [3.8, 4) is 0 Å². The second-order valence-corrected chi connectivity index (χ2v) is 8.86. The Kier molecular flexibility index (Phi) is 3.42. The van der Waals surface area contributed by atoms with Gasteiger partial charge in [-0.2, -0.15) is 0 Å².